The molecule has 3 N–H and O–H groups in total. The van der Waals surface area contributed by atoms with Crippen LogP contribution < -0.4 is 15.4 Å². The van der Waals surface area contributed by atoms with E-state index in [4.69, 9.17) is 21.6 Å². The zero-order valence-electron chi connectivity index (χ0n) is 25.3. The van der Waals surface area contributed by atoms with Crippen LogP contribution in [0.3, 0.4) is 0 Å². The van der Waals surface area contributed by atoms with Crippen LogP contribution in [0.2, 0.25) is 5.02 Å². The number of benzene rings is 2. The van der Waals surface area contributed by atoms with Gasteiger partial charge in [-0.05, 0) is 43.2 Å². The van der Waals surface area contributed by atoms with E-state index in [1.807, 2.05) is 0 Å². The molecule has 0 bridgehead atoms. The highest BCUT2D eigenvalue weighted by Crippen LogP contribution is 2.32. The summed E-state index contributed by atoms with van der Waals surface area (Å²) in [5.41, 5.74) is 1.27. The van der Waals surface area contributed by atoms with Crippen molar-refractivity contribution >= 4 is 46.5 Å². The number of anilines is 2. The number of likely N-dealkylation sites (tertiary alicyclic amines) is 1. The fourth-order valence-electron chi connectivity index (χ4n) is 5.93. The summed E-state index contributed by atoms with van der Waals surface area (Å²) in [5, 5.41) is 24.1. The molecule has 48 heavy (non-hydrogen) atoms. The van der Waals surface area contributed by atoms with Gasteiger partial charge in [0, 0.05) is 62.3 Å². The first-order valence-corrected chi connectivity index (χ1v) is 15.4. The Hall–Kier alpha value is -5.33. The van der Waals surface area contributed by atoms with Gasteiger partial charge in [-0.25, -0.2) is 14.4 Å². The number of aliphatic carboxylic acids is 1. The summed E-state index contributed by atoms with van der Waals surface area (Å²) in [7, 11) is 0. The zero-order valence-corrected chi connectivity index (χ0v) is 26.1. The number of carbonyl (C=O) groups is 3. The van der Waals surface area contributed by atoms with Gasteiger partial charge >= 0.3 is 5.97 Å². The first-order chi connectivity index (χ1) is 23.2. The van der Waals surface area contributed by atoms with Crippen LogP contribution in [0.25, 0.3) is 16.9 Å². The molecule has 0 aliphatic carbocycles. The molecular formula is C32H29ClF2N8O5. The summed E-state index contributed by atoms with van der Waals surface area (Å²) >= 11 is 6.56. The number of hydrogen-bond donors (Lipinski definition) is 3. The number of carbonyl (C=O) groups excluding carboxylic acids is 2. The lowest BCUT2D eigenvalue weighted by Gasteiger charge is -2.37. The van der Waals surface area contributed by atoms with Crippen LogP contribution in [-0.4, -0.2) is 92.4 Å². The molecule has 0 spiro atoms. The van der Waals surface area contributed by atoms with E-state index < -0.39 is 30.3 Å². The lowest BCUT2D eigenvalue weighted by molar-refractivity contribution is -0.144. The van der Waals surface area contributed by atoms with Crippen molar-refractivity contribution in [2.75, 3.05) is 44.6 Å². The number of hydrogen-bond acceptors (Lipinski definition) is 9. The maximum absolute atomic E-state index is 15.0. The van der Waals surface area contributed by atoms with Crippen molar-refractivity contribution in [1.29, 1.82) is 5.26 Å². The number of rotatable bonds is 8. The average Bonchev–Trinajstić information content (AvgIpc) is 3.53. The van der Waals surface area contributed by atoms with Crippen LogP contribution in [0, 0.1) is 28.9 Å². The fraction of sp³-hybridized carbons (Fsp3) is 0.312. The van der Waals surface area contributed by atoms with Gasteiger partial charge in [-0.1, -0.05) is 11.6 Å². The quantitative estimate of drug-likeness (QED) is 0.250. The Kier molecular flexibility index (Phi) is 9.37. The van der Waals surface area contributed by atoms with Gasteiger partial charge in [-0.3, -0.25) is 18.8 Å². The zero-order chi connectivity index (χ0) is 33.9. The molecule has 13 nitrogen and oxygen atoms in total. The highest BCUT2D eigenvalue weighted by molar-refractivity contribution is 6.34. The van der Waals surface area contributed by atoms with E-state index in [1.165, 1.54) is 28.9 Å². The molecule has 2 aromatic carbocycles. The molecule has 2 fully saturated rings. The van der Waals surface area contributed by atoms with Crippen molar-refractivity contribution in [2.45, 2.75) is 18.9 Å². The van der Waals surface area contributed by atoms with Gasteiger partial charge in [0.2, 0.25) is 11.7 Å². The number of nitrogens with one attached hydrogen (secondary N) is 2. The highest BCUT2D eigenvalue weighted by Gasteiger charge is 2.34. The van der Waals surface area contributed by atoms with E-state index in [2.05, 4.69) is 20.6 Å². The molecule has 4 aromatic rings. The molecular weight excluding hydrogens is 650 g/mol. The summed E-state index contributed by atoms with van der Waals surface area (Å²) in [5.74, 6) is -4.12. The highest BCUT2D eigenvalue weighted by atomic mass is 35.5. The van der Waals surface area contributed by atoms with Crippen LogP contribution in [0.5, 0.6) is 5.75 Å². The monoisotopic (exact) mass is 678 g/mol. The maximum Gasteiger partial charge on any atom is 0.322 e. The number of piperazine rings is 1. The summed E-state index contributed by atoms with van der Waals surface area (Å²) < 4.78 is 36.1. The van der Waals surface area contributed by atoms with Crippen LogP contribution >= 0.6 is 11.6 Å². The van der Waals surface area contributed by atoms with Gasteiger partial charge in [0.25, 0.3) is 5.91 Å². The van der Waals surface area contributed by atoms with E-state index in [-0.39, 0.29) is 51.9 Å². The van der Waals surface area contributed by atoms with Gasteiger partial charge in [-0.2, -0.15) is 9.65 Å². The number of piperidine rings is 1. The van der Waals surface area contributed by atoms with Crippen molar-refractivity contribution < 1.29 is 33.0 Å². The van der Waals surface area contributed by atoms with E-state index in [1.54, 1.807) is 40.3 Å². The predicted octanol–water partition coefficient (Wildman–Crippen LogP) is 3.71. The van der Waals surface area contributed by atoms with E-state index in [9.17, 15) is 28.3 Å². The van der Waals surface area contributed by atoms with Gasteiger partial charge in [0.1, 0.15) is 12.1 Å². The standard InChI is InChI=1S/C32H29ClF2N8O5/c33-22-15-19(1-2-20(22)31(45)41-10-5-18(6-11-41)30(44)42-12-8-37-23(17-42)32(46)47)40-28-29-39-16-24(43(29)13-9-38-28)21-3-4-25(48-14-7-36)27(35)26(21)34/h1-4,9,13,15-16,18,23,37H,5-6,8,10-12,14,17H2,(H,38,40)(H,46,47). The van der Waals surface area contributed by atoms with Crippen molar-refractivity contribution in [2.24, 2.45) is 5.92 Å². The normalized spacial score (nSPS) is 16.8. The Labute approximate surface area is 277 Å². The lowest BCUT2D eigenvalue weighted by Crippen LogP contribution is -2.57. The predicted molar refractivity (Wildman–Crippen MR) is 169 cm³/mol. The fourth-order valence-corrected chi connectivity index (χ4v) is 6.20. The van der Waals surface area contributed by atoms with E-state index >= 15 is 0 Å². The molecule has 2 aliphatic heterocycles. The van der Waals surface area contributed by atoms with Gasteiger partial charge in [-0.15, -0.1) is 0 Å². The van der Waals surface area contributed by atoms with Crippen molar-refractivity contribution in [1.82, 2.24) is 29.5 Å². The topological polar surface area (TPSA) is 165 Å². The minimum atomic E-state index is -1.22. The summed E-state index contributed by atoms with van der Waals surface area (Å²) in [6, 6.07) is 8.30. The van der Waals surface area contributed by atoms with E-state index in [0.717, 1.165) is 0 Å². The molecule has 2 aromatic heterocycles. The molecule has 16 heteroatoms. The minimum absolute atomic E-state index is 0.0728. The van der Waals surface area contributed by atoms with Gasteiger partial charge < -0.3 is 30.3 Å². The molecule has 4 heterocycles. The first-order valence-electron chi connectivity index (χ1n) is 15.1. The summed E-state index contributed by atoms with van der Waals surface area (Å²) in [6.07, 6.45) is 5.29. The molecule has 2 amide bonds. The maximum atomic E-state index is 15.0. The third-order valence-corrected chi connectivity index (χ3v) is 8.73. The van der Waals surface area contributed by atoms with E-state index in [0.29, 0.717) is 56.2 Å². The summed E-state index contributed by atoms with van der Waals surface area (Å²) in [4.78, 5) is 49.7. The Morgan fingerprint density at radius 2 is 1.90 bits per heavy atom. The SMILES string of the molecule is N#CCOc1ccc(-c2cnc3c(Nc4ccc(C(=O)N5CCC(C(=O)N6CCNC(C(=O)O)C6)CC5)c(Cl)c4)nccn23)c(F)c1F. The molecule has 1 atom stereocenters. The van der Waals surface area contributed by atoms with Crippen molar-refractivity contribution in [3.63, 3.8) is 0 Å². The Balaban J connectivity index is 1.12. The number of nitrogens with zero attached hydrogens (tertiary/aromatic N) is 6. The van der Waals surface area contributed by atoms with Gasteiger partial charge in [0.05, 0.1) is 22.5 Å². The smallest absolute Gasteiger partial charge is 0.322 e. The first kappa shape index (κ1) is 32.6. The van der Waals surface area contributed by atoms with Crippen LogP contribution in [0.1, 0.15) is 23.2 Å². The van der Waals surface area contributed by atoms with Crippen LogP contribution in [0.15, 0.2) is 48.9 Å². The number of ether oxygens (including phenoxy) is 1. The molecule has 2 aliphatic rings. The molecule has 248 valence electrons. The minimum Gasteiger partial charge on any atom is -0.480 e. The second kappa shape index (κ2) is 13.8. The molecule has 2 saturated heterocycles. The second-order valence-corrected chi connectivity index (χ2v) is 11.7. The molecule has 1 unspecified atom stereocenters. The number of carboxylic acids is 1. The van der Waals surface area contributed by atoms with Crippen molar-refractivity contribution in [3.05, 3.63) is 71.1 Å². The number of nitriles is 1. The third-order valence-electron chi connectivity index (χ3n) is 8.42. The Morgan fingerprint density at radius 1 is 1.10 bits per heavy atom. The number of imidazole rings is 1. The molecule has 0 saturated carbocycles. The third kappa shape index (κ3) is 6.44. The largest absolute Gasteiger partial charge is 0.480 e. The number of amides is 2. The summed E-state index contributed by atoms with van der Waals surface area (Å²) in [6.45, 7) is 1.25. The molecule has 6 rings (SSSR count). The second-order valence-electron chi connectivity index (χ2n) is 11.3. The Bertz CT molecular complexity index is 1940. The molecule has 0 radical (unpaired) electrons. The number of aromatic nitrogens is 3. The number of halogens is 3. The Morgan fingerprint density at radius 3 is 2.62 bits per heavy atom. The van der Waals surface area contributed by atoms with Crippen molar-refractivity contribution in [3.8, 4) is 23.1 Å². The van der Waals surface area contributed by atoms with Gasteiger partial charge in [0.15, 0.2) is 29.6 Å². The lowest BCUT2D eigenvalue weighted by atomic mass is 9.94. The number of carboxylic acid groups (broad SMARTS) is 1. The average molecular weight is 679 g/mol. The number of fused-ring (bicyclic) bond motifs is 1. The van der Waals surface area contributed by atoms with Crippen LogP contribution in [0.4, 0.5) is 20.3 Å². The van der Waals surface area contributed by atoms with Crippen LogP contribution in [-0.2, 0) is 9.59 Å².